The van der Waals surface area contributed by atoms with Crippen LogP contribution < -0.4 is 4.90 Å². The Labute approximate surface area is 304 Å². The fourth-order valence-corrected chi connectivity index (χ4v) is 8.14. The van der Waals surface area contributed by atoms with E-state index in [2.05, 4.69) is 198 Å². The summed E-state index contributed by atoms with van der Waals surface area (Å²) in [5, 5.41) is 2.63. The van der Waals surface area contributed by atoms with Gasteiger partial charge in [0, 0.05) is 38.9 Å². The predicted molar refractivity (Wildman–Crippen MR) is 220 cm³/mol. The summed E-state index contributed by atoms with van der Waals surface area (Å²) in [7, 11) is 0. The lowest BCUT2D eigenvalue weighted by atomic mass is 9.81. The highest BCUT2D eigenvalue weighted by Crippen LogP contribution is 2.51. The summed E-state index contributed by atoms with van der Waals surface area (Å²) >= 11 is 0. The van der Waals surface area contributed by atoms with Crippen molar-refractivity contribution in [3.05, 3.63) is 156 Å². The first-order chi connectivity index (χ1) is 24.4. The Morgan fingerprint density at radius 1 is 0.510 bits per heavy atom. The van der Waals surface area contributed by atoms with Crippen molar-refractivity contribution < 1.29 is 0 Å². The van der Waals surface area contributed by atoms with Gasteiger partial charge in [0.25, 0.3) is 0 Å². The first-order valence-corrected chi connectivity index (χ1v) is 18.7. The molecule has 0 atom stereocenters. The molecule has 256 valence electrons. The SMILES string of the molecule is CCC(C)(C)c1ccc2c3ccc(C(C)(C)CC)cc3n(-c3ccc4c(c3)C(C)(C)c3cc(N(c5ccccc5)c5ccccc5)ccc3-4)c2c1. The van der Waals surface area contributed by atoms with E-state index >= 15 is 0 Å². The van der Waals surface area contributed by atoms with Crippen molar-refractivity contribution in [2.75, 3.05) is 4.90 Å². The van der Waals surface area contributed by atoms with E-state index in [0.29, 0.717) is 0 Å². The zero-order valence-corrected chi connectivity index (χ0v) is 31.5. The van der Waals surface area contributed by atoms with Crippen LogP contribution in [0.2, 0.25) is 0 Å². The molecule has 0 saturated heterocycles. The van der Waals surface area contributed by atoms with Gasteiger partial charge >= 0.3 is 0 Å². The molecule has 0 saturated carbocycles. The van der Waals surface area contributed by atoms with Crippen LogP contribution in [-0.2, 0) is 16.2 Å². The number of rotatable bonds is 8. The number of para-hydroxylation sites is 2. The van der Waals surface area contributed by atoms with Crippen molar-refractivity contribution in [2.24, 2.45) is 0 Å². The highest BCUT2D eigenvalue weighted by atomic mass is 15.1. The maximum Gasteiger partial charge on any atom is 0.0544 e. The van der Waals surface area contributed by atoms with Gasteiger partial charge in [-0.05, 0) is 118 Å². The Morgan fingerprint density at radius 2 is 0.980 bits per heavy atom. The number of hydrogen-bond donors (Lipinski definition) is 0. The summed E-state index contributed by atoms with van der Waals surface area (Å²) in [4.78, 5) is 2.37. The third-order valence-electron chi connectivity index (χ3n) is 12.3. The Bertz CT molecular complexity index is 2290. The quantitative estimate of drug-likeness (QED) is 0.157. The highest BCUT2D eigenvalue weighted by molar-refractivity contribution is 6.10. The van der Waals surface area contributed by atoms with Gasteiger partial charge in [-0.3, -0.25) is 0 Å². The summed E-state index contributed by atoms with van der Waals surface area (Å²) in [5.41, 5.74) is 15.5. The maximum absolute atomic E-state index is 2.55. The largest absolute Gasteiger partial charge is 0.310 e. The molecule has 0 bridgehead atoms. The number of aromatic nitrogens is 1. The van der Waals surface area contributed by atoms with E-state index in [0.717, 1.165) is 24.2 Å². The molecule has 0 amide bonds. The van der Waals surface area contributed by atoms with Gasteiger partial charge in [0.05, 0.1) is 11.0 Å². The van der Waals surface area contributed by atoms with Crippen molar-refractivity contribution in [1.29, 1.82) is 0 Å². The second kappa shape index (κ2) is 12.0. The molecule has 0 radical (unpaired) electrons. The van der Waals surface area contributed by atoms with Crippen LogP contribution in [0.5, 0.6) is 0 Å². The Balaban J connectivity index is 1.31. The number of anilines is 3. The summed E-state index contributed by atoms with van der Waals surface area (Å²) < 4.78 is 2.55. The van der Waals surface area contributed by atoms with E-state index in [1.54, 1.807) is 0 Å². The average molecular weight is 667 g/mol. The molecule has 51 heavy (non-hydrogen) atoms. The van der Waals surface area contributed by atoms with Crippen LogP contribution in [0.15, 0.2) is 133 Å². The predicted octanol–water partition coefficient (Wildman–Crippen LogP) is 13.9. The Hall–Kier alpha value is -5.08. The molecule has 1 aromatic heterocycles. The first-order valence-electron chi connectivity index (χ1n) is 18.7. The smallest absolute Gasteiger partial charge is 0.0544 e. The van der Waals surface area contributed by atoms with Crippen LogP contribution in [0.25, 0.3) is 38.6 Å². The van der Waals surface area contributed by atoms with E-state index in [-0.39, 0.29) is 16.2 Å². The highest BCUT2D eigenvalue weighted by Gasteiger charge is 2.37. The molecule has 0 fully saturated rings. The topological polar surface area (TPSA) is 8.17 Å². The minimum Gasteiger partial charge on any atom is -0.310 e. The number of hydrogen-bond acceptors (Lipinski definition) is 1. The molecular weight excluding hydrogens is 617 g/mol. The van der Waals surface area contributed by atoms with Gasteiger partial charge < -0.3 is 9.47 Å². The number of nitrogens with zero attached hydrogens (tertiary/aromatic N) is 2. The fourth-order valence-electron chi connectivity index (χ4n) is 8.14. The van der Waals surface area contributed by atoms with E-state index in [1.807, 2.05) is 0 Å². The van der Waals surface area contributed by atoms with Gasteiger partial charge in [-0.1, -0.05) is 128 Å². The molecule has 0 N–H and O–H groups in total. The number of fused-ring (bicyclic) bond motifs is 6. The van der Waals surface area contributed by atoms with E-state index < -0.39 is 0 Å². The number of benzene rings is 6. The minimum absolute atomic E-state index is 0.0947. The van der Waals surface area contributed by atoms with Gasteiger partial charge in [-0.25, -0.2) is 0 Å². The van der Waals surface area contributed by atoms with Gasteiger partial charge in [0.15, 0.2) is 0 Å². The van der Waals surface area contributed by atoms with E-state index in [9.17, 15) is 0 Å². The molecule has 7 aromatic rings. The third kappa shape index (κ3) is 5.30. The van der Waals surface area contributed by atoms with Crippen molar-refractivity contribution in [3.8, 4) is 16.8 Å². The van der Waals surface area contributed by atoms with Crippen LogP contribution in [0.1, 0.15) is 90.5 Å². The molecule has 0 spiro atoms. The molecule has 1 aliphatic rings. The van der Waals surface area contributed by atoms with Crippen molar-refractivity contribution in [3.63, 3.8) is 0 Å². The molecular formula is C49H50N2. The van der Waals surface area contributed by atoms with Crippen molar-refractivity contribution >= 4 is 38.9 Å². The van der Waals surface area contributed by atoms with E-state index in [4.69, 9.17) is 0 Å². The standard InChI is InChI=1S/C49H50N2/c1-9-47(3,4)33-21-25-41-42-26-22-34(48(5,6)10-2)30-46(42)51(45(41)29-33)38-24-28-40-39-27-23-37(31-43(39)49(7,8)44(40)32-38)50(35-17-13-11-14-18-35)36-19-15-12-16-20-36/h11-32H,9-10H2,1-8H3. The lowest BCUT2D eigenvalue weighted by molar-refractivity contribution is 0.507. The molecule has 2 heteroatoms. The molecule has 6 aromatic carbocycles. The normalized spacial score (nSPS) is 13.8. The van der Waals surface area contributed by atoms with Crippen LogP contribution in [0, 0.1) is 0 Å². The third-order valence-corrected chi connectivity index (χ3v) is 12.3. The monoisotopic (exact) mass is 666 g/mol. The van der Waals surface area contributed by atoms with Crippen LogP contribution >= 0.6 is 0 Å². The fraction of sp³-hybridized carbons (Fsp3) is 0.265. The van der Waals surface area contributed by atoms with Gasteiger partial charge in [0.1, 0.15) is 0 Å². The summed E-state index contributed by atoms with van der Waals surface area (Å²) in [6, 6.07) is 50.0. The van der Waals surface area contributed by atoms with Crippen molar-refractivity contribution in [2.45, 2.75) is 84.5 Å². The van der Waals surface area contributed by atoms with Crippen LogP contribution in [-0.4, -0.2) is 4.57 Å². The van der Waals surface area contributed by atoms with Crippen LogP contribution in [0.3, 0.4) is 0 Å². The lowest BCUT2D eigenvalue weighted by Gasteiger charge is -2.28. The molecule has 0 unspecified atom stereocenters. The first kappa shape index (κ1) is 33.1. The van der Waals surface area contributed by atoms with Gasteiger partial charge in [-0.15, -0.1) is 0 Å². The molecule has 1 heterocycles. The maximum atomic E-state index is 2.55. The summed E-state index contributed by atoms with van der Waals surface area (Å²) in [6.45, 7) is 18.8. The second-order valence-corrected chi connectivity index (χ2v) is 16.4. The van der Waals surface area contributed by atoms with Gasteiger partial charge in [-0.2, -0.15) is 0 Å². The molecule has 8 rings (SSSR count). The molecule has 1 aliphatic carbocycles. The second-order valence-electron chi connectivity index (χ2n) is 16.4. The lowest BCUT2D eigenvalue weighted by Crippen LogP contribution is -2.17. The molecule has 0 aliphatic heterocycles. The Morgan fingerprint density at radius 3 is 1.47 bits per heavy atom. The molecule has 2 nitrogen and oxygen atoms in total. The zero-order valence-electron chi connectivity index (χ0n) is 31.5. The van der Waals surface area contributed by atoms with Crippen LogP contribution in [0.4, 0.5) is 17.1 Å². The van der Waals surface area contributed by atoms with Gasteiger partial charge in [0.2, 0.25) is 0 Å². The Kier molecular flexibility index (Phi) is 7.79. The summed E-state index contributed by atoms with van der Waals surface area (Å²) in [6.07, 6.45) is 2.18. The summed E-state index contributed by atoms with van der Waals surface area (Å²) in [5.74, 6) is 0. The van der Waals surface area contributed by atoms with E-state index in [1.165, 1.54) is 66.6 Å². The minimum atomic E-state index is -0.181. The van der Waals surface area contributed by atoms with Crippen molar-refractivity contribution in [1.82, 2.24) is 4.57 Å². The zero-order chi connectivity index (χ0) is 35.7. The average Bonchev–Trinajstić information content (AvgIpc) is 3.59.